The fraction of sp³-hybridized carbons (Fsp3) is 0.333. The third kappa shape index (κ3) is 2.66. The first-order valence-electron chi connectivity index (χ1n) is 6.00. The highest BCUT2D eigenvalue weighted by molar-refractivity contribution is 7.86. The van der Waals surface area contributed by atoms with E-state index in [1.165, 1.54) is 16.2 Å². The zero-order valence-corrected chi connectivity index (χ0v) is 12.0. The van der Waals surface area contributed by atoms with E-state index in [9.17, 15) is 17.1 Å². The van der Waals surface area contributed by atoms with Crippen molar-refractivity contribution in [1.29, 1.82) is 0 Å². The van der Waals surface area contributed by atoms with Crippen LogP contribution in [-0.2, 0) is 15.0 Å². The molecule has 1 aromatic carbocycles. The molecule has 1 aromatic heterocycles. The maximum absolute atomic E-state index is 12.7. The SMILES string of the molecule is O=C1CC(CS(=O)(=O)F)CN1c1nc2ccccc2s1. The van der Waals surface area contributed by atoms with Crippen LogP contribution in [0.1, 0.15) is 6.42 Å². The summed E-state index contributed by atoms with van der Waals surface area (Å²) in [6.07, 6.45) is 0.0407. The summed E-state index contributed by atoms with van der Waals surface area (Å²) in [5.74, 6) is -1.33. The highest BCUT2D eigenvalue weighted by Crippen LogP contribution is 2.32. The Morgan fingerprint density at radius 3 is 2.85 bits per heavy atom. The molecule has 0 radical (unpaired) electrons. The Balaban J connectivity index is 1.85. The van der Waals surface area contributed by atoms with E-state index < -0.39 is 21.9 Å². The van der Waals surface area contributed by atoms with Crippen LogP contribution in [0.2, 0.25) is 0 Å². The number of fused-ring (bicyclic) bond motifs is 1. The van der Waals surface area contributed by atoms with Gasteiger partial charge in [0.2, 0.25) is 5.91 Å². The van der Waals surface area contributed by atoms with Gasteiger partial charge in [0.15, 0.2) is 5.13 Å². The Morgan fingerprint density at radius 2 is 2.15 bits per heavy atom. The molecule has 1 atom stereocenters. The van der Waals surface area contributed by atoms with E-state index in [1.54, 1.807) is 0 Å². The normalized spacial score (nSPS) is 19.9. The van der Waals surface area contributed by atoms with E-state index >= 15 is 0 Å². The van der Waals surface area contributed by atoms with Gasteiger partial charge in [-0.3, -0.25) is 9.69 Å². The molecule has 1 unspecified atom stereocenters. The molecule has 20 heavy (non-hydrogen) atoms. The van der Waals surface area contributed by atoms with Gasteiger partial charge in [-0.25, -0.2) is 4.98 Å². The number of hydrogen-bond acceptors (Lipinski definition) is 5. The predicted molar refractivity (Wildman–Crippen MR) is 75.0 cm³/mol. The second-order valence-electron chi connectivity index (χ2n) is 4.74. The molecule has 2 aromatic rings. The summed E-state index contributed by atoms with van der Waals surface area (Å²) in [5.41, 5.74) is 0.793. The Morgan fingerprint density at radius 1 is 1.40 bits per heavy atom. The lowest BCUT2D eigenvalue weighted by Gasteiger charge is -2.11. The predicted octanol–water partition coefficient (Wildman–Crippen LogP) is 1.95. The van der Waals surface area contributed by atoms with Crippen molar-refractivity contribution in [2.45, 2.75) is 6.42 Å². The van der Waals surface area contributed by atoms with E-state index in [1.807, 2.05) is 24.3 Å². The smallest absolute Gasteiger partial charge is 0.288 e. The number of thiazole rings is 1. The molecule has 5 nitrogen and oxygen atoms in total. The number of para-hydroxylation sites is 1. The van der Waals surface area contributed by atoms with Crippen molar-refractivity contribution in [3.63, 3.8) is 0 Å². The summed E-state index contributed by atoms with van der Waals surface area (Å²) in [6, 6.07) is 7.49. The molecular weight excluding hydrogens is 303 g/mol. The number of rotatable bonds is 3. The summed E-state index contributed by atoms with van der Waals surface area (Å²) < 4.78 is 35.0. The molecule has 0 N–H and O–H groups in total. The van der Waals surface area contributed by atoms with Crippen molar-refractivity contribution in [3.8, 4) is 0 Å². The quantitative estimate of drug-likeness (QED) is 0.812. The molecular formula is C12H11FN2O3S2. The van der Waals surface area contributed by atoms with E-state index in [0.717, 1.165) is 10.2 Å². The number of halogens is 1. The van der Waals surface area contributed by atoms with Crippen LogP contribution in [0.15, 0.2) is 24.3 Å². The minimum atomic E-state index is -4.56. The van der Waals surface area contributed by atoms with Crippen LogP contribution < -0.4 is 4.90 Å². The van der Waals surface area contributed by atoms with Crippen molar-refractivity contribution in [1.82, 2.24) is 4.98 Å². The van der Waals surface area contributed by atoms with Gasteiger partial charge in [0, 0.05) is 18.9 Å². The maximum Gasteiger partial charge on any atom is 0.302 e. The summed E-state index contributed by atoms with van der Waals surface area (Å²) in [4.78, 5) is 17.7. The molecule has 1 aliphatic heterocycles. The monoisotopic (exact) mass is 314 g/mol. The standard InChI is InChI=1S/C12H11FN2O3S2/c13-20(17,18)7-8-5-11(16)15(6-8)12-14-9-3-1-2-4-10(9)19-12/h1-4,8H,5-7H2. The van der Waals surface area contributed by atoms with Crippen molar-refractivity contribution < 1.29 is 17.1 Å². The van der Waals surface area contributed by atoms with Crippen LogP contribution in [0.25, 0.3) is 10.2 Å². The average molecular weight is 314 g/mol. The average Bonchev–Trinajstić information content (AvgIpc) is 2.90. The minimum absolute atomic E-state index is 0.0407. The van der Waals surface area contributed by atoms with Gasteiger partial charge in [-0.05, 0) is 12.1 Å². The zero-order chi connectivity index (χ0) is 14.3. The van der Waals surface area contributed by atoms with Crippen LogP contribution in [0.5, 0.6) is 0 Å². The molecule has 0 spiro atoms. The highest BCUT2D eigenvalue weighted by atomic mass is 32.3. The van der Waals surface area contributed by atoms with Crippen molar-refractivity contribution in [2.24, 2.45) is 5.92 Å². The molecule has 1 saturated heterocycles. The Labute approximate surface area is 119 Å². The van der Waals surface area contributed by atoms with Crippen molar-refractivity contribution in [3.05, 3.63) is 24.3 Å². The molecule has 0 saturated carbocycles. The van der Waals surface area contributed by atoms with Crippen LogP contribution in [-0.4, -0.2) is 31.6 Å². The van der Waals surface area contributed by atoms with E-state index in [2.05, 4.69) is 4.98 Å². The number of amides is 1. The van der Waals surface area contributed by atoms with E-state index in [0.29, 0.717) is 5.13 Å². The summed E-state index contributed by atoms with van der Waals surface area (Å²) in [7, 11) is -4.56. The van der Waals surface area contributed by atoms with Gasteiger partial charge in [0.25, 0.3) is 0 Å². The third-order valence-electron chi connectivity index (χ3n) is 3.15. The molecule has 1 fully saturated rings. The molecule has 3 rings (SSSR count). The molecule has 1 aliphatic rings. The fourth-order valence-electron chi connectivity index (χ4n) is 2.34. The van der Waals surface area contributed by atoms with E-state index in [4.69, 9.17) is 0 Å². The first-order valence-corrected chi connectivity index (χ1v) is 8.37. The lowest BCUT2D eigenvalue weighted by atomic mass is 10.1. The van der Waals surface area contributed by atoms with Crippen molar-refractivity contribution in [2.75, 3.05) is 17.2 Å². The number of carbonyl (C=O) groups is 1. The molecule has 0 aliphatic carbocycles. The van der Waals surface area contributed by atoms with Gasteiger partial charge >= 0.3 is 10.2 Å². The van der Waals surface area contributed by atoms with Crippen LogP contribution >= 0.6 is 11.3 Å². The van der Waals surface area contributed by atoms with Gasteiger partial charge in [0.1, 0.15) is 0 Å². The molecule has 2 heterocycles. The largest absolute Gasteiger partial charge is 0.302 e. The summed E-state index contributed by atoms with van der Waals surface area (Å²) in [5, 5.41) is 0.537. The molecule has 0 bridgehead atoms. The Bertz CT molecular complexity index is 739. The molecule has 1 amide bonds. The number of aromatic nitrogens is 1. The Kier molecular flexibility index (Phi) is 3.21. The lowest BCUT2D eigenvalue weighted by Crippen LogP contribution is -2.25. The number of hydrogen-bond donors (Lipinski definition) is 0. The van der Waals surface area contributed by atoms with Crippen LogP contribution in [0, 0.1) is 5.92 Å². The second kappa shape index (κ2) is 4.78. The van der Waals surface area contributed by atoms with Crippen LogP contribution in [0.4, 0.5) is 9.02 Å². The highest BCUT2D eigenvalue weighted by Gasteiger charge is 2.35. The van der Waals surface area contributed by atoms with Crippen molar-refractivity contribution >= 4 is 42.8 Å². The number of anilines is 1. The van der Waals surface area contributed by atoms with Gasteiger partial charge in [-0.1, -0.05) is 23.5 Å². The lowest BCUT2D eigenvalue weighted by molar-refractivity contribution is -0.117. The Hall–Kier alpha value is -1.54. The van der Waals surface area contributed by atoms with Gasteiger partial charge in [-0.15, -0.1) is 3.89 Å². The third-order valence-corrected chi connectivity index (χ3v) is 5.08. The zero-order valence-electron chi connectivity index (χ0n) is 10.3. The van der Waals surface area contributed by atoms with E-state index in [-0.39, 0.29) is 18.9 Å². The summed E-state index contributed by atoms with van der Waals surface area (Å²) in [6.45, 7) is 0.196. The van der Waals surface area contributed by atoms with Crippen LogP contribution in [0.3, 0.4) is 0 Å². The number of nitrogens with zero attached hydrogens (tertiary/aromatic N) is 2. The number of carbonyl (C=O) groups excluding carboxylic acids is 1. The number of benzene rings is 1. The second-order valence-corrected chi connectivity index (χ2v) is 7.16. The maximum atomic E-state index is 12.7. The topological polar surface area (TPSA) is 67.3 Å². The van der Waals surface area contributed by atoms with Gasteiger partial charge in [-0.2, -0.15) is 8.42 Å². The van der Waals surface area contributed by atoms with Gasteiger partial charge in [0.05, 0.1) is 16.0 Å². The fourth-order valence-corrected chi connectivity index (χ4v) is 4.11. The molecule has 106 valence electrons. The summed E-state index contributed by atoms with van der Waals surface area (Å²) >= 11 is 1.37. The molecule has 8 heteroatoms. The van der Waals surface area contributed by atoms with Gasteiger partial charge < -0.3 is 0 Å². The minimum Gasteiger partial charge on any atom is -0.288 e. The first-order chi connectivity index (χ1) is 9.42. The first kappa shape index (κ1) is 13.4.